The van der Waals surface area contributed by atoms with Crippen LogP contribution in [-0.4, -0.2) is 31.6 Å². The van der Waals surface area contributed by atoms with E-state index in [9.17, 15) is 0 Å². The maximum Gasteiger partial charge on any atom is 0.191 e. The van der Waals surface area contributed by atoms with Crippen LogP contribution in [0, 0.1) is 13.8 Å². The molecule has 1 heterocycles. The molecular formula is C14H24N4O. The Bertz CT molecular complexity index is 443. The molecule has 0 aliphatic rings. The molecule has 19 heavy (non-hydrogen) atoms. The monoisotopic (exact) mass is 264 g/mol. The predicted octanol–water partition coefficient (Wildman–Crippen LogP) is 1.78. The molecule has 5 heteroatoms. The molecule has 1 aromatic rings. The Morgan fingerprint density at radius 1 is 1.37 bits per heavy atom. The van der Waals surface area contributed by atoms with Crippen molar-refractivity contribution in [3.05, 3.63) is 23.0 Å². The lowest BCUT2D eigenvalue weighted by Crippen LogP contribution is -2.37. The molecule has 1 rings (SSSR count). The second kappa shape index (κ2) is 7.61. The second-order valence-corrected chi connectivity index (χ2v) is 4.40. The summed E-state index contributed by atoms with van der Waals surface area (Å²) in [5, 5.41) is 6.48. The summed E-state index contributed by atoms with van der Waals surface area (Å²) in [6, 6.07) is 0. The van der Waals surface area contributed by atoms with Crippen molar-refractivity contribution in [3.63, 3.8) is 0 Å². The lowest BCUT2D eigenvalue weighted by molar-refractivity contribution is 0.406. The van der Waals surface area contributed by atoms with Crippen LogP contribution < -0.4 is 15.4 Å². The van der Waals surface area contributed by atoms with Crippen molar-refractivity contribution in [1.29, 1.82) is 0 Å². The van der Waals surface area contributed by atoms with Crippen LogP contribution >= 0.6 is 0 Å². The van der Waals surface area contributed by atoms with Crippen molar-refractivity contribution in [2.75, 3.05) is 20.7 Å². The number of pyridine rings is 1. The van der Waals surface area contributed by atoms with Gasteiger partial charge in [-0.3, -0.25) is 9.98 Å². The van der Waals surface area contributed by atoms with E-state index in [2.05, 4.69) is 27.5 Å². The molecule has 1 aromatic heterocycles. The third-order valence-corrected chi connectivity index (χ3v) is 2.94. The van der Waals surface area contributed by atoms with Crippen LogP contribution in [0.25, 0.3) is 0 Å². The second-order valence-electron chi connectivity index (χ2n) is 4.40. The molecule has 0 unspecified atom stereocenters. The highest BCUT2D eigenvalue weighted by molar-refractivity contribution is 5.79. The molecule has 0 atom stereocenters. The zero-order valence-electron chi connectivity index (χ0n) is 12.5. The van der Waals surface area contributed by atoms with Gasteiger partial charge in [-0.15, -0.1) is 0 Å². The summed E-state index contributed by atoms with van der Waals surface area (Å²) >= 11 is 0. The van der Waals surface area contributed by atoms with Gasteiger partial charge in [-0.2, -0.15) is 0 Å². The zero-order chi connectivity index (χ0) is 14.3. The highest BCUT2D eigenvalue weighted by atomic mass is 16.5. The highest BCUT2D eigenvalue weighted by Crippen LogP contribution is 2.23. The van der Waals surface area contributed by atoms with Gasteiger partial charge in [0.15, 0.2) is 5.96 Å². The molecule has 0 fully saturated rings. The topological polar surface area (TPSA) is 58.5 Å². The third-order valence-electron chi connectivity index (χ3n) is 2.94. The summed E-state index contributed by atoms with van der Waals surface area (Å²) in [6.45, 7) is 7.68. The zero-order valence-corrected chi connectivity index (χ0v) is 12.5. The van der Waals surface area contributed by atoms with E-state index in [-0.39, 0.29) is 0 Å². The van der Waals surface area contributed by atoms with Crippen LogP contribution in [0.5, 0.6) is 5.75 Å². The van der Waals surface area contributed by atoms with Gasteiger partial charge in [-0.05, 0) is 20.3 Å². The van der Waals surface area contributed by atoms with E-state index in [1.165, 1.54) is 0 Å². The van der Waals surface area contributed by atoms with E-state index in [1.807, 2.05) is 20.0 Å². The Morgan fingerprint density at radius 3 is 2.68 bits per heavy atom. The first-order valence-corrected chi connectivity index (χ1v) is 6.57. The minimum Gasteiger partial charge on any atom is -0.496 e. The molecule has 0 aliphatic carbocycles. The van der Waals surface area contributed by atoms with Gasteiger partial charge < -0.3 is 15.4 Å². The first-order valence-electron chi connectivity index (χ1n) is 6.57. The van der Waals surface area contributed by atoms with Crippen molar-refractivity contribution in [1.82, 2.24) is 15.6 Å². The number of aryl methyl sites for hydroxylation is 1. The lowest BCUT2D eigenvalue weighted by Gasteiger charge is -2.14. The summed E-state index contributed by atoms with van der Waals surface area (Å²) in [6.07, 6.45) is 2.90. The van der Waals surface area contributed by atoms with Gasteiger partial charge in [0.1, 0.15) is 5.75 Å². The minimum absolute atomic E-state index is 0.631. The number of aromatic nitrogens is 1. The van der Waals surface area contributed by atoms with Crippen LogP contribution in [0.1, 0.15) is 30.2 Å². The third kappa shape index (κ3) is 4.12. The molecule has 0 spiro atoms. The standard InChI is InChI=1S/C14H24N4O/c1-6-7-16-14(15-4)18-9-12-11(3)13(19-5)10(2)8-17-12/h8H,6-7,9H2,1-5H3,(H2,15,16,18). The number of rotatable bonds is 5. The van der Waals surface area contributed by atoms with Gasteiger partial charge in [0.2, 0.25) is 0 Å². The maximum atomic E-state index is 5.40. The Morgan fingerprint density at radius 2 is 2.11 bits per heavy atom. The number of aliphatic imine (C=N–C) groups is 1. The Balaban J connectivity index is 2.72. The van der Waals surface area contributed by atoms with E-state index in [0.29, 0.717) is 6.54 Å². The molecule has 5 nitrogen and oxygen atoms in total. The molecule has 0 saturated heterocycles. The molecule has 0 amide bonds. The Hall–Kier alpha value is -1.78. The summed E-state index contributed by atoms with van der Waals surface area (Å²) < 4.78 is 5.40. The number of guanidine groups is 1. The minimum atomic E-state index is 0.631. The van der Waals surface area contributed by atoms with Crippen LogP contribution in [-0.2, 0) is 6.54 Å². The van der Waals surface area contributed by atoms with Gasteiger partial charge >= 0.3 is 0 Å². The predicted molar refractivity (Wildman–Crippen MR) is 78.8 cm³/mol. The first-order chi connectivity index (χ1) is 9.13. The maximum absolute atomic E-state index is 5.40. The van der Waals surface area contributed by atoms with Crippen molar-refractivity contribution in [2.24, 2.45) is 4.99 Å². The van der Waals surface area contributed by atoms with Crippen LogP contribution in [0.3, 0.4) is 0 Å². The van der Waals surface area contributed by atoms with E-state index >= 15 is 0 Å². The fourth-order valence-electron chi connectivity index (χ4n) is 1.88. The van der Waals surface area contributed by atoms with E-state index in [0.717, 1.165) is 41.5 Å². The lowest BCUT2D eigenvalue weighted by atomic mass is 10.1. The van der Waals surface area contributed by atoms with Crippen LogP contribution in [0.2, 0.25) is 0 Å². The average Bonchev–Trinajstić information content (AvgIpc) is 2.41. The Kier molecular flexibility index (Phi) is 6.12. The van der Waals surface area contributed by atoms with Gasteiger partial charge in [0.05, 0.1) is 19.3 Å². The largest absolute Gasteiger partial charge is 0.496 e. The summed E-state index contributed by atoms with van der Waals surface area (Å²) in [5.41, 5.74) is 3.10. The highest BCUT2D eigenvalue weighted by Gasteiger charge is 2.09. The number of hydrogen-bond acceptors (Lipinski definition) is 3. The van der Waals surface area contributed by atoms with Crippen molar-refractivity contribution >= 4 is 5.96 Å². The van der Waals surface area contributed by atoms with Crippen LogP contribution in [0.15, 0.2) is 11.2 Å². The number of nitrogens with one attached hydrogen (secondary N) is 2. The van der Waals surface area contributed by atoms with Gasteiger partial charge in [-0.25, -0.2) is 0 Å². The molecule has 0 saturated carbocycles. The molecular weight excluding hydrogens is 240 g/mol. The molecule has 0 aromatic carbocycles. The van der Waals surface area contributed by atoms with Crippen molar-refractivity contribution < 1.29 is 4.74 Å². The number of nitrogens with zero attached hydrogens (tertiary/aromatic N) is 2. The SMILES string of the molecule is CCCNC(=NC)NCc1ncc(C)c(OC)c1C. The average molecular weight is 264 g/mol. The Labute approximate surface area is 115 Å². The first kappa shape index (κ1) is 15.3. The number of methoxy groups -OCH3 is 1. The number of ether oxygens (including phenoxy) is 1. The molecule has 2 N–H and O–H groups in total. The molecule has 0 aliphatic heterocycles. The van der Waals surface area contributed by atoms with Gasteiger partial charge in [0, 0.05) is 30.9 Å². The van der Waals surface area contributed by atoms with Crippen molar-refractivity contribution in [3.8, 4) is 5.75 Å². The molecule has 0 bridgehead atoms. The van der Waals surface area contributed by atoms with E-state index < -0.39 is 0 Å². The molecule has 106 valence electrons. The number of hydrogen-bond donors (Lipinski definition) is 2. The van der Waals surface area contributed by atoms with E-state index in [1.54, 1.807) is 14.2 Å². The molecule has 0 radical (unpaired) electrons. The summed E-state index contributed by atoms with van der Waals surface area (Å²) in [5.74, 6) is 1.70. The summed E-state index contributed by atoms with van der Waals surface area (Å²) in [7, 11) is 3.45. The van der Waals surface area contributed by atoms with Crippen molar-refractivity contribution in [2.45, 2.75) is 33.7 Å². The van der Waals surface area contributed by atoms with Crippen LogP contribution in [0.4, 0.5) is 0 Å². The van der Waals surface area contributed by atoms with E-state index in [4.69, 9.17) is 4.74 Å². The fourth-order valence-corrected chi connectivity index (χ4v) is 1.88. The van der Waals surface area contributed by atoms with Gasteiger partial charge in [0.25, 0.3) is 0 Å². The fraction of sp³-hybridized carbons (Fsp3) is 0.571. The smallest absolute Gasteiger partial charge is 0.191 e. The van der Waals surface area contributed by atoms with Gasteiger partial charge in [-0.1, -0.05) is 6.92 Å². The summed E-state index contributed by atoms with van der Waals surface area (Å²) in [4.78, 5) is 8.61. The normalized spacial score (nSPS) is 11.3. The quantitative estimate of drug-likeness (QED) is 0.629.